The molecule has 1 N–H and O–H groups in total. The summed E-state index contributed by atoms with van der Waals surface area (Å²) in [5.74, 6) is 0. The van der Waals surface area contributed by atoms with Gasteiger partial charge in [-0.3, -0.25) is 0 Å². The maximum absolute atomic E-state index is 12.6. The molecule has 3 nitrogen and oxygen atoms in total. The second kappa shape index (κ2) is 7.53. The zero-order valence-electron chi connectivity index (χ0n) is 13.8. The summed E-state index contributed by atoms with van der Waals surface area (Å²) in [5.41, 5.74) is 0.0715. The zero-order valence-corrected chi connectivity index (χ0v) is 13.8. The minimum Gasteiger partial charge on any atom is -0.444 e. The summed E-state index contributed by atoms with van der Waals surface area (Å²) in [4.78, 5) is 11.4. The summed E-state index contributed by atoms with van der Waals surface area (Å²) in [7, 11) is 0. The van der Waals surface area contributed by atoms with Crippen LogP contribution in [0, 0.1) is 6.92 Å². The van der Waals surface area contributed by atoms with Crippen LogP contribution in [0.4, 0.5) is 18.0 Å². The van der Waals surface area contributed by atoms with Crippen LogP contribution in [0.1, 0.15) is 43.9 Å². The van der Waals surface area contributed by atoms with E-state index in [9.17, 15) is 18.0 Å². The summed E-state index contributed by atoms with van der Waals surface area (Å²) in [6.45, 7) is 7.36. The summed E-state index contributed by atoms with van der Waals surface area (Å²) in [6.07, 6.45) is -0.722. The number of amides is 1. The molecule has 6 heteroatoms. The number of alkyl halides is 3. The van der Waals surface area contributed by atoms with E-state index in [4.69, 9.17) is 4.74 Å². The molecule has 128 valence electrons. The van der Waals surface area contributed by atoms with Gasteiger partial charge >= 0.3 is 12.3 Å². The molecule has 0 aliphatic heterocycles. The topological polar surface area (TPSA) is 38.3 Å². The second-order valence-electron chi connectivity index (χ2n) is 6.19. The van der Waals surface area contributed by atoms with E-state index in [1.54, 1.807) is 39.8 Å². The third-order valence-corrected chi connectivity index (χ3v) is 2.87. The molecule has 1 aromatic carbocycles. The molecule has 0 fully saturated rings. The van der Waals surface area contributed by atoms with Crippen molar-refractivity contribution in [2.24, 2.45) is 0 Å². The highest BCUT2D eigenvalue weighted by molar-refractivity contribution is 5.67. The average Bonchev–Trinajstić information content (AvgIpc) is 2.36. The Hall–Kier alpha value is -1.98. The molecule has 0 saturated heterocycles. The van der Waals surface area contributed by atoms with Crippen molar-refractivity contribution in [2.45, 2.75) is 45.9 Å². The lowest BCUT2D eigenvalue weighted by Crippen LogP contribution is -2.32. The van der Waals surface area contributed by atoms with Gasteiger partial charge in [-0.2, -0.15) is 13.2 Å². The fourth-order valence-electron chi connectivity index (χ4n) is 1.82. The van der Waals surface area contributed by atoms with E-state index < -0.39 is 23.4 Å². The van der Waals surface area contributed by atoms with Gasteiger partial charge in [-0.05, 0) is 57.4 Å². The number of aryl methyl sites for hydroxylation is 1. The first-order valence-electron chi connectivity index (χ1n) is 7.30. The second-order valence-corrected chi connectivity index (χ2v) is 6.19. The Morgan fingerprint density at radius 3 is 2.43 bits per heavy atom. The first-order valence-corrected chi connectivity index (χ1v) is 7.30. The predicted octanol–water partition coefficient (Wildman–Crippen LogP) is 4.94. The molecule has 0 aliphatic rings. The molecule has 23 heavy (non-hydrogen) atoms. The molecule has 1 rings (SSSR count). The van der Waals surface area contributed by atoms with Gasteiger partial charge in [0.2, 0.25) is 0 Å². The first-order chi connectivity index (χ1) is 10.5. The lowest BCUT2D eigenvalue weighted by atomic mass is 10.0. The van der Waals surface area contributed by atoms with Gasteiger partial charge in [0.25, 0.3) is 0 Å². The Bertz CT molecular complexity index is 572. The Labute approximate surface area is 134 Å². The molecule has 1 aromatic rings. The van der Waals surface area contributed by atoms with Gasteiger partial charge < -0.3 is 10.1 Å². The summed E-state index contributed by atoms with van der Waals surface area (Å²) >= 11 is 0. The van der Waals surface area contributed by atoms with Crippen LogP contribution in [0.25, 0.3) is 6.08 Å². The number of carbonyl (C=O) groups is 1. The van der Waals surface area contributed by atoms with E-state index in [2.05, 4.69) is 5.32 Å². The van der Waals surface area contributed by atoms with Crippen molar-refractivity contribution in [3.05, 3.63) is 41.0 Å². The van der Waals surface area contributed by atoms with Crippen LogP contribution in [0.15, 0.2) is 24.3 Å². The van der Waals surface area contributed by atoms with Crippen molar-refractivity contribution >= 4 is 12.2 Å². The van der Waals surface area contributed by atoms with Gasteiger partial charge in [0.1, 0.15) is 5.60 Å². The Balaban J connectivity index is 2.48. The fourth-order valence-corrected chi connectivity index (χ4v) is 1.82. The predicted molar refractivity (Wildman–Crippen MR) is 84.1 cm³/mol. The van der Waals surface area contributed by atoms with Crippen molar-refractivity contribution in [1.82, 2.24) is 5.32 Å². The van der Waals surface area contributed by atoms with Crippen LogP contribution < -0.4 is 5.32 Å². The average molecular weight is 329 g/mol. The molecule has 0 bridgehead atoms. The lowest BCUT2D eigenvalue weighted by molar-refractivity contribution is -0.137. The highest BCUT2D eigenvalue weighted by Gasteiger charge is 2.30. The van der Waals surface area contributed by atoms with Gasteiger partial charge in [0.15, 0.2) is 0 Å². The van der Waals surface area contributed by atoms with Crippen LogP contribution in [-0.2, 0) is 10.9 Å². The molecular formula is C17H22F3NO2. The standard InChI is InChI=1S/C17H22F3NO2/c1-12-11-14(17(18,19)20)9-8-13(12)7-5-6-10-21-15(22)23-16(2,3)4/h5,7-9,11H,6,10H2,1-4H3,(H,21,22). The molecule has 0 saturated carbocycles. The molecule has 0 atom stereocenters. The van der Waals surface area contributed by atoms with Gasteiger partial charge in [-0.25, -0.2) is 4.79 Å². The Kier molecular flexibility index (Phi) is 6.24. The molecule has 0 aromatic heterocycles. The molecule has 0 radical (unpaired) electrons. The minimum atomic E-state index is -4.33. The molecule has 0 aliphatic carbocycles. The molecule has 0 unspecified atom stereocenters. The van der Waals surface area contributed by atoms with Crippen molar-refractivity contribution in [3.63, 3.8) is 0 Å². The normalized spacial score (nSPS) is 12.5. The highest BCUT2D eigenvalue weighted by atomic mass is 19.4. The number of alkyl carbamates (subject to hydrolysis) is 1. The van der Waals surface area contributed by atoms with Gasteiger partial charge in [-0.15, -0.1) is 0 Å². The number of hydrogen-bond donors (Lipinski definition) is 1. The summed E-state index contributed by atoms with van der Waals surface area (Å²) in [6, 6.07) is 3.63. The number of rotatable bonds is 4. The molecule has 1 amide bonds. The third-order valence-electron chi connectivity index (χ3n) is 2.87. The zero-order chi connectivity index (χ0) is 17.7. The Morgan fingerprint density at radius 2 is 1.91 bits per heavy atom. The van der Waals surface area contributed by atoms with Crippen molar-refractivity contribution in [2.75, 3.05) is 6.54 Å². The fraction of sp³-hybridized carbons (Fsp3) is 0.471. The quantitative estimate of drug-likeness (QED) is 0.794. The Morgan fingerprint density at radius 1 is 1.26 bits per heavy atom. The van der Waals surface area contributed by atoms with Crippen LogP contribution in [-0.4, -0.2) is 18.2 Å². The van der Waals surface area contributed by atoms with E-state index in [1.807, 2.05) is 0 Å². The summed E-state index contributed by atoms with van der Waals surface area (Å²) < 4.78 is 42.8. The number of ether oxygens (including phenoxy) is 1. The highest BCUT2D eigenvalue weighted by Crippen LogP contribution is 2.30. The number of benzene rings is 1. The third kappa shape index (κ3) is 7.21. The first kappa shape index (κ1) is 19.1. The van der Waals surface area contributed by atoms with Crippen molar-refractivity contribution in [3.8, 4) is 0 Å². The smallest absolute Gasteiger partial charge is 0.416 e. The number of hydrogen-bond acceptors (Lipinski definition) is 2. The molecule has 0 spiro atoms. The van der Waals surface area contributed by atoms with Crippen LogP contribution in [0.5, 0.6) is 0 Å². The minimum absolute atomic E-state index is 0.394. The van der Waals surface area contributed by atoms with E-state index in [1.165, 1.54) is 6.07 Å². The van der Waals surface area contributed by atoms with Crippen molar-refractivity contribution in [1.29, 1.82) is 0 Å². The van der Waals surface area contributed by atoms with Gasteiger partial charge in [0.05, 0.1) is 5.56 Å². The van der Waals surface area contributed by atoms with Crippen LogP contribution in [0.3, 0.4) is 0 Å². The van der Waals surface area contributed by atoms with E-state index in [-0.39, 0.29) is 0 Å². The largest absolute Gasteiger partial charge is 0.444 e. The number of carbonyl (C=O) groups excluding carboxylic acids is 1. The SMILES string of the molecule is Cc1cc(C(F)(F)F)ccc1C=CCCNC(=O)OC(C)(C)C. The van der Waals surface area contributed by atoms with E-state index in [0.29, 0.717) is 18.5 Å². The van der Waals surface area contributed by atoms with E-state index >= 15 is 0 Å². The van der Waals surface area contributed by atoms with Gasteiger partial charge in [0, 0.05) is 6.54 Å². The van der Waals surface area contributed by atoms with Gasteiger partial charge in [-0.1, -0.05) is 18.2 Å². The van der Waals surface area contributed by atoms with Crippen LogP contribution >= 0.6 is 0 Å². The number of nitrogens with one attached hydrogen (secondary N) is 1. The lowest BCUT2D eigenvalue weighted by Gasteiger charge is -2.19. The monoisotopic (exact) mass is 329 g/mol. The van der Waals surface area contributed by atoms with Crippen LogP contribution in [0.2, 0.25) is 0 Å². The molecular weight excluding hydrogens is 307 g/mol. The molecule has 0 heterocycles. The maximum Gasteiger partial charge on any atom is 0.416 e. The summed E-state index contributed by atoms with van der Waals surface area (Å²) in [5, 5.41) is 2.61. The number of halogens is 3. The van der Waals surface area contributed by atoms with Crippen molar-refractivity contribution < 1.29 is 22.7 Å². The maximum atomic E-state index is 12.6. The van der Waals surface area contributed by atoms with E-state index in [0.717, 1.165) is 17.7 Å².